The normalized spacial score (nSPS) is 43.6. The van der Waals surface area contributed by atoms with Gasteiger partial charge in [-0.25, -0.2) is 0 Å². The summed E-state index contributed by atoms with van der Waals surface area (Å²) in [6, 6.07) is 0. The lowest BCUT2D eigenvalue weighted by molar-refractivity contribution is -0.133. The Morgan fingerprint density at radius 3 is 2.55 bits per heavy atom. The van der Waals surface area contributed by atoms with Gasteiger partial charge in [-0.2, -0.15) is 0 Å². The maximum Gasteiger partial charge on any atom is 0.143 e. The molecule has 2 nitrogen and oxygen atoms in total. The molecule has 33 heavy (non-hydrogen) atoms. The molecule has 4 aliphatic rings. The van der Waals surface area contributed by atoms with Crippen LogP contribution in [0.3, 0.4) is 0 Å². The van der Waals surface area contributed by atoms with Gasteiger partial charge in [0, 0.05) is 6.42 Å². The summed E-state index contributed by atoms with van der Waals surface area (Å²) in [5.41, 5.74) is 1.75. The highest BCUT2D eigenvalue weighted by atomic mass is 16.3. The topological polar surface area (TPSA) is 37.3 Å². The number of unbranched alkanes of at least 4 members (excludes halogenated alkanes) is 1. The summed E-state index contributed by atoms with van der Waals surface area (Å²) in [5, 5.41) is 10.4. The summed E-state index contributed by atoms with van der Waals surface area (Å²) in [6.07, 6.45) is 17.1. The van der Waals surface area contributed by atoms with Crippen molar-refractivity contribution in [3.05, 3.63) is 11.6 Å². The second kappa shape index (κ2) is 9.44. The Bertz CT molecular complexity index is 752. The van der Waals surface area contributed by atoms with Crippen LogP contribution in [0.15, 0.2) is 11.6 Å². The van der Waals surface area contributed by atoms with Gasteiger partial charge in [0.05, 0.1) is 11.5 Å². The molecular formula is C31H52O2. The van der Waals surface area contributed by atoms with Gasteiger partial charge in [-0.3, -0.25) is 4.79 Å². The second-order valence-corrected chi connectivity index (χ2v) is 13.6. The third-order valence-corrected chi connectivity index (χ3v) is 11.5. The minimum absolute atomic E-state index is 0.120. The number of rotatable bonds is 8. The van der Waals surface area contributed by atoms with Gasteiger partial charge in [-0.1, -0.05) is 85.3 Å². The first-order valence-electron chi connectivity index (χ1n) is 14.5. The van der Waals surface area contributed by atoms with E-state index in [0.29, 0.717) is 29.5 Å². The number of allylic oxidation sites excluding steroid dienone is 2. The highest BCUT2D eigenvalue weighted by Gasteiger charge is 2.68. The fourth-order valence-electron chi connectivity index (χ4n) is 9.40. The Labute approximate surface area is 204 Å². The van der Waals surface area contributed by atoms with Crippen molar-refractivity contribution in [2.24, 2.45) is 45.8 Å². The highest BCUT2D eigenvalue weighted by Crippen LogP contribution is 2.72. The third kappa shape index (κ3) is 3.99. The average Bonchev–Trinajstić information content (AvgIpc) is 3.00. The summed E-state index contributed by atoms with van der Waals surface area (Å²) < 4.78 is 0. The van der Waals surface area contributed by atoms with Crippen LogP contribution in [-0.2, 0) is 4.79 Å². The number of carbonyl (C=O) groups excluding carboxylic acids is 1. The van der Waals surface area contributed by atoms with E-state index >= 15 is 0 Å². The van der Waals surface area contributed by atoms with Crippen LogP contribution in [-0.4, -0.2) is 17.0 Å². The van der Waals surface area contributed by atoms with Crippen molar-refractivity contribution < 1.29 is 9.90 Å². The van der Waals surface area contributed by atoms with Crippen LogP contribution in [0.4, 0.5) is 0 Å². The number of hydrogen-bond donors (Lipinski definition) is 1. The summed E-state index contributed by atoms with van der Waals surface area (Å²) >= 11 is 0. The molecule has 0 amide bonds. The maximum absolute atomic E-state index is 14.2. The Morgan fingerprint density at radius 1 is 1.09 bits per heavy atom. The zero-order valence-corrected chi connectivity index (χ0v) is 22.6. The quantitative estimate of drug-likeness (QED) is 0.374. The van der Waals surface area contributed by atoms with Gasteiger partial charge >= 0.3 is 0 Å². The van der Waals surface area contributed by atoms with Crippen molar-refractivity contribution in [3.8, 4) is 0 Å². The van der Waals surface area contributed by atoms with E-state index in [1.165, 1.54) is 44.9 Å². The van der Waals surface area contributed by atoms with E-state index in [4.69, 9.17) is 0 Å². The number of ketones is 1. The molecule has 0 radical (unpaired) electrons. The predicted octanol–water partition coefficient (Wildman–Crippen LogP) is 8.13. The Kier molecular flexibility index (Phi) is 7.28. The lowest BCUT2D eigenvalue weighted by atomic mass is 9.42. The van der Waals surface area contributed by atoms with E-state index in [2.05, 4.69) is 47.6 Å². The zero-order valence-electron chi connectivity index (χ0n) is 22.6. The molecule has 0 aromatic carbocycles. The van der Waals surface area contributed by atoms with Gasteiger partial charge in [0.2, 0.25) is 0 Å². The molecule has 8 atom stereocenters. The van der Waals surface area contributed by atoms with E-state index in [9.17, 15) is 9.90 Å². The molecule has 3 fully saturated rings. The summed E-state index contributed by atoms with van der Waals surface area (Å²) in [4.78, 5) is 14.2. The average molecular weight is 457 g/mol. The van der Waals surface area contributed by atoms with Gasteiger partial charge in [-0.05, 0) is 85.4 Å². The van der Waals surface area contributed by atoms with Crippen molar-refractivity contribution in [3.63, 3.8) is 0 Å². The van der Waals surface area contributed by atoms with Crippen molar-refractivity contribution in [1.82, 2.24) is 0 Å². The fourth-order valence-corrected chi connectivity index (χ4v) is 9.40. The SMILES string of the molecule is CCCC[C@@]12C(=O)C[C@H]([C@H](C)CCCC(C)C)[C@@]1(C)CC[C@H]1C2=CC[C@H]2C[C@@H](O)CC[C@@]21C. The number of carbonyl (C=O) groups is 1. The van der Waals surface area contributed by atoms with Crippen molar-refractivity contribution in [2.45, 2.75) is 131 Å². The Morgan fingerprint density at radius 2 is 1.85 bits per heavy atom. The lowest BCUT2D eigenvalue weighted by Crippen LogP contribution is -2.56. The second-order valence-electron chi connectivity index (χ2n) is 13.6. The van der Waals surface area contributed by atoms with Crippen LogP contribution in [0.5, 0.6) is 0 Å². The zero-order chi connectivity index (χ0) is 24.0. The fraction of sp³-hybridized carbons (Fsp3) is 0.903. The number of aliphatic hydroxyl groups excluding tert-OH is 1. The van der Waals surface area contributed by atoms with Crippen LogP contribution >= 0.6 is 0 Å². The molecule has 0 aromatic rings. The van der Waals surface area contributed by atoms with E-state index < -0.39 is 0 Å². The van der Waals surface area contributed by atoms with Crippen molar-refractivity contribution in [2.75, 3.05) is 0 Å². The third-order valence-electron chi connectivity index (χ3n) is 11.5. The minimum Gasteiger partial charge on any atom is -0.393 e. The molecule has 188 valence electrons. The van der Waals surface area contributed by atoms with Gasteiger partial charge in [0.25, 0.3) is 0 Å². The molecule has 0 spiro atoms. The van der Waals surface area contributed by atoms with Crippen LogP contribution in [0.1, 0.15) is 125 Å². The molecule has 3 saturated carbocycles. The molecule has 0 aromatic heterocycles. The van der Waals surface area contributed by atoms with Crippen LogP contribution in [0.25, 0.3) is 0 Å². The molecule has 0 aliphatic heterocycles. The lowest BCUT2D eigenvalue weighted by Gasteiger charge is -2.61. The molecule has 0 heterocycles. The molecule has 4 rings (SSSR count). The van der Waals surface area contributed by atoms with Crippen LogP contribution in [0, 0.1) is 45.8 Å². The molecule has 1 N–H and O–H groups in total. The molecule has 2 heteroatoms. The molecule has 0 bridgehead atoms. The molecule has 0 saturated heterocycles. The van der Waals surface area contributed by atoms with Crippen molar-refractivity contribution in [1.29, 1.82) is 0 Å². The van der Waals surface area contributed by atoms with E-state index in [-0.39, 0.29) is 22.3 Å². The number of Topliss-reactive ketones (excluding diaryl/α,β-unsaturated/α-hetero) is 1. The van der Waals surface area contributed by atoms with Gasteiger partial charge in [-0.15, -0.1) is 0 Å². The largest absolute Gasteiger partial charge is 0.393 e. The van der Waals surface area contributed by atoms with Crippen LogP contribution < -0.4 is 0 Å². The number of hydrogen-bond acceptors (Lipinski definition) is 2. The Balaban J connectivity index is 1.69. The summed E-state index contributed by atoms with van der Waals surface area (Å²) in [5.74, 6) is 3.67. The highest BCUT2D eigenvalue weighted by molar-refractivity contribution is 5.92. The first-order valence-corrected chi connectivity index (χ1v) is 14.5. The van der Waals surface area contributed by atoms with E-state index in [1.807, 2.05) is 0 Å². The van der Waals surface area contributed by atoms with E-state index in [1.54, 1.807) is 5.57 Å². The van der Waals surface area contributed by atoms with Gasteiger partial charge < -0.3 is 5.11 Å². The summed E-state index contributed by atoms with van der Waals surface area (Å²) in [6.45, 7) is 14.5. The van der Waals surface area contributed by atoms with Gasteiger partial charge in [0.1, 0.15) is 5.78 Å². The number of fused-ring (bicyclic) bond motifs is 5. The Hall–Kier alpha value is -0.630. The first-order chi connectivity index (χ1) is 15.6. The van der Waals surface area contributed by atoms with E-state index in [0.717, 1.165) is 44.4 Å². The monoisotopic (exact) mass is 456 g/mol. The number of aliphatic hydroxyl groups is 1. The predicted molar refractivity (Wildman–Crippen MR) is 138 cm³/mol. The standard InChI is InChI=1S/C31H52O2/c1-7-8-16-31-26-13-12-23-19-24(32)14-17-29(23,5)25(26)15-18-30(31,6)27(20-28(31)33)22(4)11-9-10-21(2)3/h13,21-25,27,32H,7-12,14-20H2,1-6H3/t22-,23+,24+,25+,27-,29+,30-,31-/m1/s1. The van der Waals surface area contributed by atoms with Gasteiger partial charge in [0.15, 0.2) is 0 Å². The van der Waals surface area contributed by atoms with Crippen LogP contribution in [0.2, 0.25) is 0 Å². The smallest absolute Gasteiger partial charge is 0.143 e. The minimum atomic E-state index is -0.215. The van der Waals surface area contributed by atoms with Crippen molar-refractivity contribution >= 4 is 5.78 Å². The maximum atomic E-state index is 14.2. The molecule has 0 unspecified atom stereocenters. The summed E-state index contributed by atoms with van der Waals surface area (Å²) in [7, 11) is 0. The first kappa shape index (κ1) is 25.5. The molecule has 4 aliphatic carbocycles. The molecular weight excluding hydrogens is 404 g/mol.